The lowest BCUT2D eigenvalue weighted by atomic mass is 10.2. The third-order valence-electron chi connectivity index (χ3n) is 3.21. The maximum atomic E-state index is 10.6. The lowest BCUT2D eigenvalue weighted by Crippen LogP contribution is -1.85. The molecule has 3 rings (SSSR count). The Morgan fingerprint density at radius 1 is 1.05 bits per heavy atom. The Balaban J connectivity index is 1.92. The normalized spacial score (nSPS) is 11.3. The van der Waals surface area contributed by atoms with Crippen molar-refractivity contribution in [3.8, 4) is 0 Å². The molecule has 2 aromatic carbocycles. The van der Waals surface area contributed by atoms with Crippen LogP contribution in [0.5, 0.6) is 0 Å². The molecule has 0 radical (unpaired) electrons. The van der Waals surface area contributed by atoms with E-state index in [2.05, 4.69) is 10.2 Å². The summed E-state index contributed by atoms with van der Waals surface area (Å²) in [6, 6.07) is 13.9. The molecule has 0 aliphatic rings. The summed E-state index contributed by atoms with van der Waals surface area (Å²) in [6.07, 6.45) is 1.90. The van der Waals surface area contributed by atoms with E-state index in [-0.39, 0.29) is 5.69 Å². The molecule has 104 valence electrons. The molecule has 0 aliphatic heterocycles. The number of non-ortho nitro benzene ring substituents is 1. The molecule has 0 unspecified atom stereocenters. The Bertz CT molecular complexity index is 835. The molecule has 0 fully saturated rings. The predicted molar refractivity (Wildman–Crippen MR) is 80.2 cm³/mol. The van der Waals surface area contributed by atoms with Crippen LogP contribution in [0.3, 0.4) is 0 Å². The fourth-order valence-corrected chi connectivity index (χ4v) is 2.15. The van der Waals surface area contributed by atoms with Crippen molar-refractivity contribution in [2.24, 2.45) is 17.3 Å². The number of hydrogen-bond donors (Lipinski definition) is 0. The van der Waals surface area contributed by atoms with E-state index in [9.17, 15) is 10.1 Å². The number of hydrogen-bond acceptors (Lipinski definition) is 4. The van der Waals surface area contributed by atoms with Gasteiger partial charge in [0.2, 0.25) is 0 Å². The molecule has 1 heterocycles. The van der Waals surface area contributed by atoms with Gasteiger partial charge in [-0.3, -0.25) is 10.1 Å². The Kier molecular flexibility index (Phi) is 3.19. The molecule has 0 bridgehead atoms. The van der Waals surface area contributed by atoms with Gasteiger partial charge in [-0.05, 0) is 18.2 Å². The summed E-state index contributed by atoms with van der Waals surface area (Å²) in [4.78, 5) is 10.2. The van der Waals surface area contributed by atoms with E-state index in [1.54, 1.807) is 12.1 Å². The van der Waals surface area contributed by atoms with Gasteiger partial charge in [-0.2, -0.15) is 5.11 Å². The second-order valence-electron chi connectivity index (χ2n) is 4.62. The first-order valence-corrected chi connectivity index (χ1v) is 6.35. The van der Waals surface area contributed by atoms with Gasteiger partial charge in [0.05, 0.1) is 16.1 Å². The van der Waals surface area contributed by atoms with Crippen molar-refractivity contribution in [3.05, 3.63) is 64.8 Å². The van der Waals surface area contributed by atoms with Gasteiger partial charge in [0, 0.05) is 30.8 Å². The molecule has 0 atom stereocenters. The molecule has 6 heteroatoms. The van der Waals surface area contributed by atoms with E-state index in [0.717, 1.165) is 16.6 Å². The average Bonchev–Trinajstić information content (AvgIpc) is 2.83. The third-order valence-corrected chi connectivity index (χ3v) is 3.21. The molecule has 6 nitrogen and oxygen atoms in total. The van der Waals surface area contributed by atoms with Crippen molar-refractivity contribution >= 4 is 28.0 Å². The minimum absolute atomic E-state index is 0.0408. The lowest BCUT2D eigenvalue weighted by molar-refractivity contribution is -0.384. The number of aromatic nitrogens is 1. The molecular formula is C15H12N4O2. The van der Waals surface area contributed by atoms with Gasteiger partial charge < -0.3 is 4.57 Å². The van der Waals surface area contributed by atoms with Crippen LogP contribution in [0, 0.1) is 10.1 Å². The van der Waals surface area contributed by atoms with Crippen LogP contribution >= 0.6 is 0 Å². The SMILES string of the molecule is Cn1cc(N=Nc2ccc([N+](=O)[O-])cc2)c2ccccc21. The molecule has 0 amide bonds. The van der Waals surface area contributed by atoms with Gasteiger partial charge >= 0.3 is 0 Å². The van der Waals surface area contributed by atoms with Gasteiger partial charge in [-0.15, -0.1) is 5.11 Å². The van der Waals surface area contributed by atoms with Crippen molar-refractivity contribution in [1.82, 2.24) is 4.57 Å². The van der Waals surface area contributed by atoms with Crippen LogP contribution in [-0.4, -0.2) is 9.49 Å². The zero-order valence-electron chi connectivity index (χ0n) is 11.3. The third kappa shape index (κ3) is 2.51. The standard InChI is InChI=1S/C15H12N4O2/c1-18-10-14(13-4-2-3-5-15(13)18)17-16-11-6-8-12(9-7-11)19(20)21/h2-10H,1H3. The fourth-order valence-electron chi connectivity index (χ4n) is 2.15. The summed E-state index contributed by atoms with van der Waals surface area (Å²) >= 11 is 0. The Morgan fingerprint density at radius 2 is 1.76 bits per heavy atom. The van der Waals surface area contributed by atoms with Crippen LogP contribution in [0.2, 0.25) is 0 Å². The van der Waals surface area contributed by atoms with Crippen LogP contribution in [-0.2, 0) is 7.05 Å². The summed E-state index contributed by atoms with van der Waals surface area (Å²) in [6.45, 7) is 0. The Labute approximate surface area is 120 Å². The number of nitro groups is 1. The van der Waals surface area contributed by atoms with Crippen LogP contribution in [0.15, 0.2) is 65.0 Å². The molecular weight excluding hydrogens is 268 g/mol. The monoisotopic (exact) mass is 280 g/mol. The minimum atomic E-state index is -0.439. The first kappa shape index (κ1) is 13.0. The molecule has 3 aromatic rings. The lowest BCUT2D eigenvalue weighted by Gasteiger charge is -1.93. The number of para-hydroxylation sites is 1. The summed E-state index contributed by atoms with van der Waals surface area (Å²) in [7, 11) is 1.95. The van der Waals surface area contributed by atoms with E-state index in [0.29, 0.717) is 5.69 Å². The predicted octanol–water partition coefficient (Wildman–Crippen LogP) is 4.50. The van der Waals surface area contributed by atoms with Crippen molar-refractivity contribution in [2.75, 3.05) is 0 Å². The van der Waals surface area contributed by atoms with Crippen molar-refractivity contribution in [1.29, 1.82) is 0 Å². The second-order valence-corrected chi connectivity index (χ2v) is 4.62. The summed E-state index contributed by atoms with van der Waals surface area (Å²) in [5, 5.41) is 20.0. The molecule has 0 N–H and O–H groups in total. The number of benzene rings is 2. The molecule has 0 saturated carbocycles. The fraction of sp³-hybridized carbons (Fsp3) is 0.0667. The highest BCUT2D eigenvalue weighted by molar-refractivity contribution is 5.91. The van der Waals surface area contributed by atoms with Crippen LogP contribution in [0.25, 0.3) is 10.9 Å². The van der Waals surface area contributed by atoms with E-state index in [1.165, 1.54) is 12.1 Å². The first-order chi connectivity index (χ1) is 10.1. The topological polar surface area (TPSA) is 72.8 Å². The maximum Gasteiger partial charge on any atom is 0.269 e. The van der Waals surface area contributed by atoms with E-state index in [4.69, 9.17) is 0 Å². The Hall–Kier alpha value is -3.02. The average molecular weight is 280 g/mol. The summed E-state index contributed by atoms with van der Waals surface area (Å²) in [5.41, 5.74) is 2.47. The molecule has 0 saturated heterocycles. The molecule has 21 heavy (non-hydrogen) atoms. The summed E-state index contributed by atoms with van der Waals surface area (Å²) in [5.74, 6) is 0. The van der Waals surface area contributed by atoms with Gasteiger partial charge in [-0.1, -0.05) is 18.2 Å². The minimum Gasteiger partial charge on any atom is -0.348 e. The van der Waals surface area contributed by atoms with E-state index in [1.807, 2.05) is 42.1 Å². The highest BCUT2D eigenvalue weighted by Gasteiger charge is 2.05. The zero-order valence-corrected chi connectivity index (χ0v) is 11.3. The van der Waals surface area contributed by atoms with Gasteiger partial charge in [0.1, 0.15) is 5.69 Å². The number of nitro benzene ring substituents is 1. The van der Waals surface area contributed by atoms with Crippen LogP contribution in [0.4, 0.5) is 17.1 Å². The van der Waals surface area contributed by atoms with E-state index < -0.39 is 4.92 Å². The summed E-state index contributed by atoms with van der Waals surface area (Å²) < 4.78 is 1.99. The molecule has 1 aromatic heterocycles. The number of azo groups is 1. The number of aryl methyl sites for hydroxylation is 1. The van der Waals surface area contributed by atoms with Crippen LogP contribution < -0.4 is 0 Å². The molecule has 0 aliphatic carbocycles. The largest absolute Gasteiger partial charge is 0.348 e. The second kappa shape index (κ2) is 5.16. The maximum absolute atomic E-state index is 10.6. The number of rotatable bonds is 3. The number of fused-ring (bicyclic) bond motifs is 1. The Morgan fingerprint density at radius 3 is 2.48 bits per heavy atom. The molecule has 0 spiro atoms. The van der Waals surface area contributed by atoms with Crippen molar-refractivity contribution in [2.45, 2.75) is 0 Å². The van der Waals surface area contributed by atoms with Gasteiger partial charge in [0.15, 0.2) is 0 Å². The quantitative estimate of drug-likeness (QED) is 0.402. The smallest absolute Gasteiger partial charge is 0.269 e. The van der Waals surface area contributed by atoms with Crippen LogP contribution in [0.1, 0.15) is 0 Å². The van der Waals surface area contributed by atoms with Crippen molar-refractivity contribution < 1.29 is 4.92 Å². The van der Waals surface area contributed by atoms with Crippen molar-refractivity contribution in [3.63, 3.8) is 0 Å². The highest BCUT2D eigenvalue weighted by Crippen LogP contribution is 2.29. The number of nitrogens with zero attached hydrogens (tertiary/aromatic N) is 4. The van der Waals surface area contributed by atoms with Gasteiger partial charge in [-0.25, -0.2) is 0 Å². The zero-order chi connectivity index (χ0) is 14.8. The van der Waals surface area contributed by atoms with Gasteiger partial charge in [0.25, 0.3) is 5.69 Å². The highest BCUT2D eigenvalue weighted by atomic mass is 16.6. The first-order valence-electron chi connectivity index (χ1n) is 6.35. The van der Waals surface area contributed by atoms with E-state index >= 15 is 0 Å².